The predicted molar refractivity (Wildman–Crippen MR) is 58.8 cm³/mol. The van der Waals surface area contributed by atoms with E-state index in [1.54, 1.807) is 12.1 Å². The van der Waals surface area contributed by atoms with E-state index in [4.69, 9.17) is 5.73 Å². The Bertz CT molecular complexity index is 483. The summed E-state index contributed by atoms with van der Waals surface area (Å²) in [5.74, 6) is -0.972. The fourth-order valence-corrected chi connectivity index (χ4v) is 1.59. The van der Waals surface area contributed by atoms with Crippen molar-refractivity contribution in [3.63, 3.8) is 0 Å². The van der Waals surface area contributed by atoms with Gasteiger partial charge in [0.15, 0.2) is 0 Å². The third-order valence-electron chi connectivity index (χ3n) is 2.45. The van der Waals surface area contributed by atoms with Gasteiger partial charge in [0.25, 0.3) is 0 Å². The quantitative estimate of drug-likeness (QED) is 0.825. The van der Waals surface area contributed by atoms with Crippen LogP contribution in [0.5, 0.6) is 0 Å². The molecule has 1 nitrogen and oxygen atoms in total. The minimum atomic E-state index is -0.642. The average molecular weight is 219 g/mol. The number of rotatable bonds is 2. The van der Waals surface area contributed by atoms with Gasteiger partial charge in [0, 0.05) is 5.56 Å². The highest BCUT2D eigenvalue weighted by molar-refractivity contribution is 5.32. The Kier molecular flexibility index (Phi) is 2.97. The van der Waals surface area contributed by atoms with Crippen molar-refractivity contribution in [1.82, 2.24) is 0 Å². The average Bonchev–Trinajstić information content (AvgIpc) is 2.32. The first-order valence-corrected chi connectivity index (χ1v) is 4.94. The molecule has 2 rings (SSSR count). The summed E-state index contributed by atoms with van der Waals surface area (Å²) in [6, 6.07) is 11.7. The van der Waals surface area contributed by atoms with Gasteiger partial charge in [-0.25, -0.2) is 8.78 Å². The lowest BCUT2D eigenvalue weighted by Crippen LogP contribution is -2.13. The van der Waals surface area contributed by atoms with Crippen molar-refractivity contribution >= 4 is 0 Å². The van der Waals surface area contributed by atoms with Crippen molar-refractivity contribution in [2.45, 2.75) is 6.04 Å². The summed E-state index contributed by atoms with van der Waals surface area (Å²) < 4.78 is 26.5. The zero-order valence-electron chi connectivity index (χ0n) is 8.53. The Labute approximate surface area is 92.5 Å². The van der Waals surface area contributed by atoms with Crippen molar-refractivity contribution in [2.24, 2.45) is 5.73 Å². The zero-order valence-corrected chi connectivity index (χ0v) is 8.53. The second-order valence-corrected chi connectivity index (χ2v) is 3.55. The standard InChI is InChI=1S/C13H11F2N/c14-10-6-7-12(15)11(8-10)13(16)9-4-2-1-3-5-9/h1-8,13H,16H2. The van der Waals surface area contributed by atoms with Gasteiger partial charge in [0.05, 0.1) is 6.04 Å². The Balaban J connectivity index is 2.41. The summed E-state index contributed by atoms with van der Waals surface area (Å²) in [7, 11) is 0. The van der Waals surface area contributed by atoms with E-state index in [1.807, 2.05) is 18.2 Å². The SMILES string of the molecule is NC(c1ccccc1)c1cc(F)ccc1F. The van der Waals surface area contributed by atoms with Gasteiger partial charge in [0.1, 0.15) is 11.6 Å². The summed E-state index contributed by atoms with van der Waals surface area (Å²) in [6.07, 6.45) is 0. The second kappa shape index (κ2) is 4.41. The monoisotopic (exact) mass is 219 g/mol. The summed E-state index contributed by atoms with van der Waals surface area (Å²) in [5.41, 5.74) is 6.81. The molecule has 0 aliphatic rings. The number of hydrogen-bond donors (Lipinski definition) is 1. The second-order valence-electron chi connectivity index (χ2n) is 3.55. The molecule has 3 heteroatoms. The molecule has 0 fully saturated rings. The van der Waals surface area contributed by atoms with Crippen LogP contribution in [0, 0.1) is 11.6 Å². The van der Waals surface area contributed by atoms with Crippen LogP contribution in [-0.2, 0) is 0 Å². The van der Waals surface area contributed by atoms with E-state index >= 15 is 0 Å². The van der Waals surface area contributed by atoms with E-state index in [0.717, 1.165) is 23.8 Å². The van der Waals surface area contributed by atoms with Crippen molar-refractivity contribution < 1.29 is 8.78 Å². The van der Waals surface area contributed by atoms with Crippen molar-refractivity contribution in [2.75, 3.05) is 0 Å². The molecule has 2 aromatic rings. The summed E-state index contributed by atoms with van der Waals surface area (Å²) >= 11 is 0. The highest BCUT2D eigenvalue weighted by Crippen LogP contribution is 2.22. The molecule has 0 radical (unpaired) electrons. The van der Waals surface area contributed by atoms with Gasteiger partial charge in [-0.05, 0) is 23.8 Å². The molecule has 82 valence electrons. The van der Waals surface area contributed by atoms with Gasteiger partial charge in [-0.1, -0.05) is 30.3 Å². The molecule has 2 N–H and O–H groups in total. The van der Waals surface area contributed by atoms with E-state index in [2.05, 4.69) is 0 Å². The van der Waals surface area contributed by atoms with E-state index in [1.165, 1.54) is 0 Å². The van der Waals surface area contributed by atoms with E-state index < -0.39 is 17.7 Å². The van der Waals surface area contributed by atoms with Gasteiger partial charge in [0.2, 0.25) is 0 Å². The van der Waals surface area contributed by atoms with Gasteiger partial charge in [-0.15, -0.1) is 0 Å². The van der Waals surface area contributed by atoms with Gasteiger partial charge < -0.3 is 5.73 Å². The summed E-state index contributed by atoms with van der Waals surface area (Å²) in [6.45, 7) is 0. The summed E-state index contributed by atoms with van der Waals surface area (Å²) in [5, 5.41) is 0. The van der Waals surface area contributed by atoms with Crippen LogP contribution in [-0.4, -0.2) is 0 Å². The topological polar surface area (TPSA) is 26.0 Å². The zero-order chi connectivity index (χ0) is 11.5. The highest BCUT2D eigenvalue weighted by Gasteiger charge is 2.13. The van der Waals surface area contributed by atoms with Crippen molar-refractivity contribution in [1.29, 1.82) is 0 Å². The fourth-order valence-electron chi connectivity index (χ4n) is 1.59. The maximum atomic E-state index is 13.5. The Hall–Kier alpha value is -1.74. The first kappa shape index (κ1) is 10.8. The first-order chi connectivity index (χ1) is 7.68. The number of nitrogens with two attached hydrogens (primary N) is 1. The van der Waals surface area contributed by atoms with E-state index in [-0.39, 0.29) is 5.56 Å². The van der Waals surface area contributed by atoms with Crippen LogP contribution in [0.2, 0.25) is 0 Å². The molecule has 16 heavy (non-hydrogen) atoms. The summed E-state index contributed by atoms with van der Waals surface area (Å²) in [4.78, 5) is 0. The molecule has 1 unspecified atom stereocenters. The smallest absolute Gasteiger partial charge is 0.128 e. The van der Waals surface area contributed by atoms with Crippen LogP contribution >= 0.6 is 0 Å². The normalized spacial score (nSPS) is 12.4. The molecule has 0 saturated carbocycles. The molecule has 0 aliphatic carbocycles. The first-order valence-electron chi connectivity index (χ1n) is 4.94. The Morgan fingerprint density at radius 2 is 1.62 bits per heavy atom. The highest BCUT2D eigenvalue weighted by atomic mass is 19.1. The minimum absolute atomic E-state index is 0.172. The van der Waals surface area contributed by atoms with Crippen LogP contribution < -0.4 is 5.73 Å². The van der Waals surface area contributed by atoms with E-state index in [9.17, 15) is 8.78 Å². The number of hydrogen-bond acceptors (Lipinski definition) is 1. The lowest BCUT2D eigenvalue weighted by molar-refractivity contribution is 0.576. The predicted octanol–water partition coefficient (Wildman–Crippen LogP) is 3.01. The maximum Gasteiger partial charge on any atom is 0.128 e. The molecule has 2 aromatic carbocycles. The minimum Gasteiger partial charge on any atom is -0.320 e. The lowest BCUT2D eigenvalue weighted by atomic mass is 9.99. The van der Waals surface area contributed by atoms with Crippen LogP contribution in [0.15, 0.2) is 48.5 Å². The maximum absolute atomic E-state index is 13.5. The fraction of sp³-hybridized carbons (Fsp3) is 0.0769. The molecule has 0 amide bonds. The van der Waals surface area contributed by atoms with Gasteiger partial charge in [-0.3, -0.25) is 0 Å². The largest absolute Gasteiger partial charge is 0.320 e. The Morgan fingerprint density at radius 1 is 0.938 bits per heavy atom. The Morgan fingerprint density at radius 3 is 2.31 bits per heavy atom. The van der Waals surface area contributed by atoms with Crippen LogP contribution in [0.1, 0.15) is 17.2 Å². The molecule has 0 bridgehead atoms. The van der Waals surface area contributed by atoms with Crippen molar-refractivity contribution in [3.8, 4) is 0 Å². The lowest BCUT2D eigenvalue weighted by Gasteiger charge is -2.13. The molecule has 0 spiro atoms. The van der Waals surface area contributed by atoms with Crippen LogP contribution in [0.3, 0.4) is 0 Å². The van der Waals surface area contributed by atoms with Gasteiger partial charge >= 0.3 is 0 Å². The third kappa shape index (κ3) is 2.09. The number of benzene rings is 2. The van der Waals surface area contributed by atoms with Gasteiger partial charge in [-0.2, -0.15) is 0 Å². The molecule has 1 atom stereocenters. The molecule has 0 heterocycles. The van der Waals surface area contributed by atoms with Crippen LogP contribution in [0.25, 0.3) is 0 Å². The molecular weight excluding hydrogens is 208 g/mol. The molecular formula is C13H11F2N. The van der Waals surface area contributed by atoms with Crippen LogP contribution in [0.4, 0.5) is 8.78 Å². The molecule has 0 aliphatic heterocycles. The number of halogens is 2. The van der Waals surface area contributed by atoms with Crippen molar-refractivity contribution in [3.05, 3.63) is 71.3 Å². The van der Waals surface area contributed by atoms with E-state index in [0.29, 0.717) is 0 Å². The third-order valence-corrected chi connectivity index (χ3v) is 2.45. The molecule has 0 aromatic heterocycles. The molecule has 0 saturated heterocycles.